The number of hydrogen-bond donors (Lipinski definition) is 0. The maximum absolute atomic E-state index is 11.1. The summed E-state index contributed by atoms with van der Waals surface area (Å²) >= 11 is 0. The molecule has 2 saturated carbocycles. The first kappa shape index (κ1) is 6.14. The summed E-state index contributed by atoms with van der Waals surface area (Å²) in [7, 11) is 0. The van der Waals surface area contributed by atoms with Gasteiger partial charge < -0.3 is 0 Å². The first-order chi connectivity index (χ1) is 4.84. The lowest BCUT2D eigenvalue weighted by molar-refractivity contribution is -0.119. The first-order valence-corrected chi connectivity index (χ1v) is 4.00. The van der Waals surface area contributed by atoms with Crippen LogP contribution in [0, 0.1) is 17.8 Å². The highest BCUT2D eigenvalue weighted by atomic mass is 16.1. The summed E-state index contributed by atoms with van der Waals surface area (Å²) in [6, 6.07) is 0. The lowest BCUT2D eigenvalue weighted by Crippen LogP contribution is -1.96. The number of carbonyl (C=O) groups is 1. The van der Waals surface area contributed by atoms with E-state index in [0.29, 0.717) is 17.6 Å². The van der Waals surface area contributed by atoms with E-state index < -0.39 is 0 Å². The van der Waals surface area contributed by atoms with Gasteiger partial charge in [-0.1, -0.05) is 12.2 Å². The zero-order valence-corrected chi connectivity index (χ0v) is 6.21. The van der Waals surface area contributed by atoms with Crippen molar-refractivity contribution in [2.75, 3.05) is 0 Å². The van der Waals surface area contributed by atoms with Gasteiger partial charge in [0.05, 0.1) is 0 Å². The third-order valence-electron chi connectivity index (χ3n) is 2.74. The Hall–Kier alpha value is -0.590. The van der Waals surface area contributed by atoms with Crippen molar-refractivity contribution in [2.24, 2.45) is 17.8 Å². The van der Waals surface area contributed by atoms with Gasteiger partial charge in [-0.25, -0.2) is 0 Å². The van der Waals surface area contributed by atoms with E-state index >= 15 is 0 Å². The molecular weight excluding hydrogens is 124 g/mol. The Balaban J connectivity index is 2.05. The molecule has 0 heterocycles. The summed E-state index contributed by atoms with van der Waals surface area (Å²) in [6.07, 6.45) is 6.25. The van der Waals surface area contributed by atoms with Crippen molar-refractivity contribution < 1.29 is 4.79 Å². The molecule has 3 atom stereocenters. The molecule has 0 N–H and O–H groups in total. The van der Waals surface area contributed by atoms with Crippen LogP contribution in [0.25, 0.3) is 0 Å². The van der Waals surface area contributed by atoms with E-state index in [1.165, 1.54) is 0 Å². The van der Waals surface area contributed by atoms with Gasteiger partial charge in [-0.2, -0.15) is 0 Å². The lowest BCUT2D eigenvalue weighted by Gasteiger charge is -1.92. The minimum absolute atomic E-state index is 0.441. The van der Waals surface area contributed by atoms with E-state index in [-0.39, 0.29) is 0 Å². The topological polar surface area (TPSA) is 17.1 Å². The van der Waals surface area contributed by atoms with Gasteiger partial charge in [0.1, 0.15) is 5.78 Å². The van der Waals surface area contributed by atoms with Crippen molar-refractivity contribution in [2.45, 2.75) is 19.8 Å². The Kier molecular flexibility index (Phi) is 1.19. The highest BCUT2D eigenvalue weighted by molar-refractivity contribution is 5.87. The van der Waals surface area contributed by atoms with E-state index in [1.807, 2.05) is 6.92 Å². The van der Waals surface area contributed by atoms with Crippen molar-refractivity contribution in [3.8, 4) is 0 Å². The molecule has 54 valence electrons. The van der Waals surface area contributed by atoms with Crippen LogP contribution >= 0.6 is 0 Å². The SMILES string of the molecule is C/C=C/[C@H]1[C@H]2CCC(=O)[C@@H]12. The number of ketones is 1. The molecule has 2 fully saturated rings. The Morgan fingerprint density at radius 1 is 1.60 bits per heavy atom. The van der Waals surface area contributed by atoms with Crippen LogP contribution in [0.15, 0.2) is 12.2 Å². The number of hydrogen-bond acceptors (Lipinski definition) is 1. The van der Waals surface area contributed by atoms with Crippen molar-refractivity contribution in [3.63, 3.8) is 0 Å². The molecule has 0 aromatic heterocycles. The Labute approximate surface area is 61.1 Å². The fraction of sp³-hybridized carbons (Fsp3) is 0.667. The summed E-state index contributed by atoms with van der Waals surface area (Å²) < 4.78 is 0. The van der Waals surface area contributed by atoms with Gasteiger partial charge in [0.2, 0.25) is 0 Å². The predicted molar refractivity (Wildman–Crippen MR) is 39.5 cm³/mol. The van der Waals surface area contributed by atoms with Crippen molar-refractivity contribution in [3.05, 3.63) is 12.2 Å². The zero-order valence-electron chi connectivity index (χ0n) is 6.21. The van der Waals surface area contributed by atoms with Crippen LogP contribution in [0.4, 0.5) is 0 Å². The second kappa shape index (κ2) is 1.94. The van der Waals surface area contributed by atoms with Crippen LogP contribution in [0.5, 0.6) is 0 Å². The van der Waals surface area contributed by atoms with Crippen LogP contribution in [-0.4, -0.2) is 5.78 Å². The Morgan fingerprint density at radius 3 is 2.90 bits per heavy atom. The maximum atomic E-state index is 11.1. The zero-order chi connectivity index (χ0) is 7.14. The van der Waals surface area contributed by atoms with Crippen LogP contribution in [-0.2, 0) is 4.79 Å². The molecule has 0 amide bonds. The molecule has 0 bridgehead atoms. The second-order valence-corrected chi connectivity index (χ2v) is 3.30. The molecule has 2 aliphatic rings. The lowest BCUT2D eigenvalue weighted by atomic mass is 10.1. The van der Waals surface area contributed by atoms with Gasteiger partial charge in [-0.05, 0) is 25.2 Å². The van der Waals surface area contributed by atoms with Crippen molar-refractivity contribution in [1.82, 2.24) is 0 Å². The molecule has 1 heteroatoms. The largest absolute Gasteiger partial charge is 0.299 e. The molecule has 2 aliphatic carbocycles. The number of Topliss-reactive ketones (excluding diaryl/α,β-unsaturated/α-hetero) is 1. The third-order valence-corrected chi connectivity index (χ3v) is 2.74. The molecule has 0 aromatic carbocycles. The summed E-state index contributed by atoms with van der Waals surface area (Å²) in [6.45, 7) is 2.03. The monoisotopic (exact) mass is 136 g/mol. The average molecular weight is 136 g/mol. The van der Waals surface area contributed by atoms with E-state index in [0.717, 1.165) is 18.8 Å². The van der Waals surface area contributed by atoms with Crippen molar-refractivity contribution >= 4 is 5.78 Å². The summed E-state index contributed by atoms with van der Waals surface area (Å²) in [5.74, 6) is 2.32. The Morgan fingerprint density at radius 2 is 2.40 bits per heavy atom. The molecule has 2 rings (SSSR count). The fourth-order valence-electron chi connectivity index (χ4n) is 2.19. The smallest absolute Gasteiger partial charge is 0.136 e. The number of allylic oxidation sites excluding steroid dienone is 2. The van der Waals surface area contributed by atoms with E-state index in [4.69, 9.17) is 0 Å². The van der Waals surface area contributed by atoms with E-state index in [1.54, 1.807) is 0 Å². The van der Waals surface area contributed by atoms with Gasteiger partial charge in [0, 0.05) is 12.3 Å². The normalized spacial score (nSPS) is 44.5. The number of rotatable bonds is 1. The molecule has 1 nitrogen and oxygen atoms in total. The number of fused-ring (bicyclic) bond motifs is 1. The van der Waals surface area contributed by atoms with Crippen LogP contribution in [0.2, 0.25) is 0 Å². The minimum atomic E-state index is 0.441. The van der Waals surface area contributed by atoms with E-state index in [2.05, 4.69) is 12.2 Å². The standard InChI is InChI=1S/C9H12O/c1-2-3-6-7-4-5-8(10)9(6)7/h2-3,6-7,9H,4-5H2,1H3/b3-2+/t6-,7+,9-/m0/s1. The third kappa shape index (κ3) is 0.664. The average Bonchev–Trinajstić information content (AvgIpc) is 2.45. The van der Waals surface area contributed by atoms with E-state index in [9.17, 15) is 4.79 Å². The summed E-state index contributed by atoms with van der Waals surface area (Å²) in [5, 5.41) is 0. The van der Waals surface area contributed by atoms with Gasteiger partial charge in [0.25, 0.3) is 0 Å². The van der Waals surface area contributed by atoms with Crippen LogP contribution < -0.4 is 0 Å². The molecular formula is C9H12O. The highest BCUT2D eigenvalue weighted by Gasteiger charge is 2.56. The predicted octanol–water partition coefficient (Wildman–Crippen LogP) is 1.79. The second-order valence-electron chi connectivity index (χ2n) is 3.30. The molecule has 0 unspecified atom stereocenters. The van der Waals surface area contributed by atoms with Gasteiger partial charge in [-0.3, -0.25) is 4.79 Å². The molecule has 0 radical (unpaired) electrons. The van der Waals surface area contributed by atoms with Gasteiger partial charge >= 0.3 is 0 Å². The molecule has 0 saturated heterocycles. The van der Waals surface area contributed by atoms with Gasteiger partial charge in [0.15, 0.2) is 0 Å². The summed E-state index contributed by atoms with van der Waals surface area (Å²) in [5.41, 5.74) is 0. The summed E-state index contributed by atoms with van der Waals surface area (Å²) in [4.78, 5) is 11.1. The molecule has 0 aromatic rings. The fourth-order valence-corrected chi connectivity index (χ4v) is 2.19. The number of carbonyl (C=O) groups excluding carboxylic acids is 1. The Bertz CT molecular complexity index is 193. The maximum Gasteiger partial charge on any atom is 0.136 e. The van der Waals surface area contributed by atoms with Crippen LogP contribution in [0.3, 0.4) is 0 Å². The quantitative estimate of drug-likeness (QED) is 0.502. The minimum Gasteiger partial charge on any atom is -0.299 e. The van der Waals surface area contributed by atoms with Crippen LogP contribution in [0.1, 0.15) is 19.8 Å². The van der Waals surface area contributed by atoms with Crippen molar-refractivity contribution in [1.29, 1.82) is 0 Å². The highest BCUT2D eigenvalue weighted by Crippen LogP contribution is 2.56. The van der Waals surface area contributed by atoms with Gasteiger partial charge in [-0.15, -0.1) is 0 Å². The first-order valence-electron chi connectivity index (χ1n) is 4.00. The molecule has 0 aliphatic heterocycles. The molecule has 10 heavy (non-hydrogen) atoms. The molecule has 0 spiro atoms.